The van der Waals surface area contributed by atoms with Crippen LogP contribution in [-0.4, -0.2) is 25.0 Å². The van der Waals surface area contributed by atoms with Crippen LogP contribution in [0.4, 0.5) is 11.4 Å². The molecule has 1 aromatic heterocycles. The number of amides is 1. The lowest BCUT2D eigenvalue weighted by atomic mass is 10.1. The van der Waals surface area contributed by atoms with Crippen molar-refractivity contribution in [1.29, 1.82) is 0 Å². The van der Waals surface area contributed by atoms with Crippen molar-refractivity contribution < 1.29 is 4.79 Å². The fourth-order valence-corrected chi connectivity index (χ4v) is 2.49. The largest absolute Gasteiger partial charge is 0.378 e. The molecule has 4 nitrogen and oxygen atoms in total. The van der Waals surface area contributed by atoms with Gasteiger partial charge in [-0.3, -0.25) is 4.79 Å². The van der Waals surface area contributed by atoms with Crippen molar-refractivity contribution in [3.05, 3.63) is 59.2 Å². The summed E-state index contributed by atoms with van der Waals surface area (Å²) < 4.78 is 0. The number of aromatic amines is 1. The lowest BCUT2D eigenvalue weighted by Gasteiger charge is -2.13. The summed E-state index contributed by atoms with van der Waals surface area (Å²) in [7, 11) is 3.95. The first-order valence-corrected chi connectivity index (χ1v) is 7.28. The van der Waals surface area contributed by atoms with Gasteiger partial charge in [-0.1, -0.05) is 11.6 Å². The average Bonchev–Trinajstić information content (AvgIpc) is 2.90. The van der Waals surface area contributed by atoms with E-state index in [2.05, 4.69) is 10.3 Å². The molecule has 5 heteroatoms. The Kier molecular flexibility index (Phi) is 3.77. The van der Waals surface area contributed by atoms with E-state index in [1.165, 1.54) is 0 Å². The number of halogens is 1. The van der Waals surface area contributed by atoms with Gasteiger partial charge < -0.3 is 15.2 Å². The highest BCUT2D eigenvalue weighted by Gasteiger charge is 2.12. The molecule has 0 saturated carbocycles. The Morgan fingerprint density at radius 3 is 2.55 bits per heavy atom. The third-order valence-electron chi connectivity index (χ3n) is 3.53. The molecule has 0 atom stereocenters. The van der Waals surface area contributed by atoms with Crippen molar-refractivity contribution in [2.75, 3.05) is 24.3 Å². The number of anilines is 2. The number of rotatable bonds is 3. The number of carbonyl (C=O) groups excluding carboxylic acids is 1. The summed E-state index contributed by atoms with van der Waals surface area (Å²) in [5, 5.41) is 4.32. The van der Waals surface area contributed by atoms with Crippen molar-refractivity contribution in [1.82, 2.24) is 4.98 Å². The van der Waals surface area contributed by atoms with E-state index in [0.717, 1.165) is 22.3 Å². The monoisotopic (exact) mass is 313 g/mol. The average molecular weight is 314 g/mol. The molecule has 0 radical (unpaired) electrons. The van der Waals surface area contributed by atoms with Gasteiger partial charge in [-0.25, -0.2) is 0 Å². The maximum atomic E-state index is 12.4. The molecule has 0 aliphatic heterocycles. The Morgan fingerprint density at radius 2 is 1.86 bits per heavy atom. The highest BCUT2D eigenvalue weighted by Crippen LogP contribution is 2.23. The maximum Gasteiger partial charge on any atom is 0.257 e. The first-order valence-electron chi connectivity index (χ1n) is 6.90. The third-order valence-corrected chi connectivity index (χ3v) is 3.77. The molecule has 2 aromatic carbocycles. The highest BCUT2D eigenvalue weighted by atomic mass is 35.5. The molecule has 0 saturated heterocycles. The molecule has 22 heavy (non-hydrogen) atoms. The quantitative estimate of drug-likeness (QED) is 0.763. The van der Waals surface area contributed by atoms with Gasteiger partial charge in [0.1, 0.15) is 0 Å². The molecule has 0 unspecified atom stereocenters. The minimum atomic E-state index is -0.161. The summed E-state index contributed by atoms with van der Waals surface area (Å²) in [6, 6.07) is 13.1. The van der Waals surface area contributed by atoms with Gasteiger partial charge in [0.25, 0.3) is 5.91 Å². The van der Waals surface area contributed by atoms with Crippen LogP contribution >= 0.6 is 11.6 Å². The standard InChI is InChI=1S/C17H16ClN3O/c1-21(2)13-6-4-12(5-7-13)20-17(22)15-10-19-16-8-3-11(18)9-14(15)16/h3-10,19H,1-2H3,(H,20,22). The van der Waals surface area contributed by atoms with Gasteiger partial charge in [0.15, 0.2) is 0 Å². The van der Waals surface area contributed by atoms with Gasteiger partial charge in [-0.15, -0.1) is 0 Å². The Balaban J connectivity index is 1.85. The summed E-state index contributed by atoms with van der Waals surface area (Å²) in [6.45, 7) is 0. The first kappa shape index (κ1) is 14.5. The number of carbonyl (C=O) groups is 1. The number of H-pyrrole nitrogens is 1. The van der Waals surface area contributed by atoms with Gasteiger partial charge >= 0.3 is 0 Å². The number of hydrogen-bond acceptors (Lipinski definition) is 2. The van der Waals surface area contributed by atoms with E-state index in [-0.39, 0.29) is 5.91 Å². The van der Waals surface area contributed by atoms with Crippen LogP contribution in [0, 0.1) is 0 Å². The molecule has 112 valence electrons. The van der Waals surface area contributed by atoms with Crippen LogP contribution in [0.15, 0.2) is 48.7 Å². The van der Waals surface area contributed by atoms with Crippen molar-refractivity contribution in [3.8, 4) is 0 Å². The second-order valence-corrected chi connectivity index (χ2v) is 5.72. The van der Waals surface area contributed by atoms with Gasteiger partial charge in [0, 0.05) is 47.6 Å². The number of nitrogens with zero attached hydrogens (tertiary/aromatic N) is 1. The van der Waals surface area contributed by atoms with Gasteiger partial charge in [-0.2, -0.15) is 0 Å². The first-order chi connectivity index (χ1) is 10.5. The Bertz CT molecular complexity index is 822. The molecule has 0 spiro atoms. The minimum Gasteiger partial charge on any atom is -0.378 e. The number of hydrogen-bond donors (Lipinski definition) is 2. The molecule has 3 aromatic rings. The molecule has 0 fully saturated rings. The van der Waals surface area contributed by atoms with Gasteiger partial charge in [-0.05, 0) is 42.5 Å². The van der Waals surface area contributed by atoms with Crippen molar-refractivity contribution in [3.63, 3.8) is 0 Å². The van der Waals surface area contributed by atoms with Crippen LogP contribution in [-0.2, 0) is 0 Å². The number of nitrogens with one attached hydrogen (secondary N) is 2. The van der Waals surface area contributed by atoms with Crippen LogP contribution < -0.4 is 10.2 Å². The van der Waals surface area contributed by atoms with Crippen molar-refractivity contribution in [2.45, 2.75) is 0 Å². The van der Waals surface area contributed by atoms with E-state index in [1.54, 1.807) is 18.3 Å². The predicted octanol–water partition coefficient (Wildman–Crippen LogP) is 4.14. The van der Waals surface area contributed by atoms with E-state index in [9.17, 15) is 4.79 Å². The van der Waals surface area contributed by atoms with E-state index < -0.39 is 0 Å². The highest BCUT2D eigenvalue weighted by molar-refractivity contribution is 6.31. The molecule has 0 bridgehead atoms. The zero-order chi connectivity index (χ0) is 15.7. The molecular weight excluding hydrogens is 298 g/mol. The number of fused-ring (bicyclic) bond motifs is 1. The molecule has 0 aliphatic carbocycles. The fraction of sp³-hybridized carbons (Fsp3) is 0.118. The summed E-state index contributed by atoms with van der Waals surface area (Å²) in [4.78, 5) is 17.5. The van der Waals surface area contributed by atoms with Gasteiger partial charge in [0.2, 0.25) is 0 Å². The summed E-state index contributed by atoms with van der Waals surface area (Å²) in [5.41, 5.74) is 3.30. The smallest absolute Gasteiger partial charge is 0.257 e. The summed E-state index contributed by atoms with van der Waals surface area (Å²) in [5.74, 6) is -0.161. The normalized spacial score (nSPS) is 10.7. The second-order valence-electron chi connectivity index (χ2n) is 5.29. The molecular formula is C17H16ClN3O. The van der Waals surface area contributed by atoms with Crippen LogP contribution in [0.2, 0.25) is 5.02 Å². The zero-order valence-corrected chi connectivity index (χ0v) is 13.1. The van der Waals surface area contributed by atoms with E-state index in [4.69, 9.17) is 11.6 Å². The SMILES string of the molecule is CN(C)c1ccc(NC(=O)c2c[nH]c3ccc(Cl)cc23)cc1. The lowest BCUT2D eigenvalue weighted by Crippen LogP contribution is -2.12. The summed E-state index contributed by atoms with van der Waals surface area (Å²) >= 11 is 6.01. The maximum absolute atomic E-state index is 12.4. The molecule has 3 rings (SSSR count). The third kappa shape index (κ3) is 2.78. The lowest BCUT2D eigenvalue weighted by molar-refractivity contribution is 0.102. The van der Waals surface area contributed by atoms with Crippen LogP contribution in [0.1, 0.15) is 10.4 Å². The molecule has 1 heterocycles. The van der Waals surface area contributed by atoms with Crippen LogP contribution in [0.25, 0.3) is 10.9 Å². The molecule has 2 N–H and O–H groups in total. The second kappa shape index (κ2) is 5.73. The number of benzene rings is 2. The number of aromatic nitrogens is 1. The van der Waals surface area contributed by atoms with Gasteiger partial charge in [0.05, 0.1) is 5.56 Å². The van der Waals surface area contributed by atoms with Crippen LogP contribution in [0.3, 0.4) is 0 Å². The van der Waals surface area contributed by atoms with E-state index >= 15 is 0 Å². The molecule has 1 amide bonds. The zero-order valence-electron chi connectivity index (χ0n) is 12.4. The Hall–Kier alpha value is -2.46. The van der Waals surface area contributed by atoms with Crippen molar-refractivity contribution >= 4 is 39.8 Å². The van der Waals surface area contributed by atoms with E-state index in [1.807, 2.05) is 49.3 Å². The minimum absolute atomic E-state index is 0.161. The Morgan fingerprint density at radius 1 is 1.14 bits per heavy atom. The fourth-order valence-electron chi connectivity index (χ4n) is 2.32. The summed E-state index contributed by atoms with van der Waals surface area (Å²) in [6.07, 6.45) is 1.70. The van der Waals surface area contributed by atoms with Crippen LogP contribution in [0.5, 0.6) is 0 Å². The van der Waals surface area contributed by atoms with E-state index in [0.29, 0.717) is 10.6 Å². The Labute approximate surface area is 133 Å². The van der Waals surface area contributed by atoms with Crippen molar-refractivity contribution in [2.24, 2.45) is 0 Å². The topological polar surface area (TPSA) is 48.1 Å². The molecule has 0 aliphatic rings. The predicted molar refractivity (Wildman–Crippen MR) is 92.0 cm³/mol.